The summed E-state index contributed by atoms with van der Waals surface area (Å²) in [6.45, 7) is 10.4. The maximum absolute atomic E-state index is 4.65. The van der Waals surface area contributed by atoms with E-state index in [4.69, 9.17) is 0 Å². The van der Waals surface area contributed by atoms with Crippen LogP contribution in [0.5, 0.6) is 0 Å². The van der Waals surface area contributed by atoms with Gasteiger partial charge >= 0.3 is 0 Å². The van der Waals surface area contributed by atoms with Crippen molar-refractivity contribution < 1.29 is 37.2 Å². The van der Waals surface area contributed by atoms with Crippen molar-refractivity contribution in [1.29, 1.82) is 0 Å². The van der Waals surface area contributed by atoms with Crippen molar-refractivity contribution in [2.75, 3.05) is 0 Å². The predicted molar refractivity (Wildman–Crippen MR) is 36.7 cm³/mol. The van der Waals surface area contributed by atoms with Crippen LogP contribution in [0.4, 0.5) is 0 Å². The molecule has 10 heavy (non-hydrogen) atoms. The minimum Gasteiger partial charge on any atom is -0.383 e. The number of nitrogens with zero attached hydrogens (tertiary/aromatic N) is 1. The zero-order chi connectivity index (χ0) is 7.28. The van der Waals surface area contributed by atoms with Gasteiger partial charge in [0.05, 0.1) is 5.76 Å². The summed E-state index contributed by atoms with van der Waals surface area (Å²) in [6, 6.07) is 1.78. The van der Waals surface area contributed by atoms with E-state index >= 15 is 0 Å². The van der Waals surface area contributed by atoms with Crippen LogP contribution in [0.1, 0.15) is 18.4 Å². The third-order valence-electron chi connectivity index (χ3n) is 0.677. The Bertz CT molecular complexity index is 146. The third-order valence-corrected chi connectivity index (χ3v) is 0.677. The first kappa shape index (κ1) is 12.8. The first-order chi connectivity index (χ1) is 4.29. The standard InChI is InChI=1S/C5H6NO.C2H5.Y/c1-4-3-5(2)7-6-4;1-2;/h3H,1H2,2H3;1H2,2H3;/q2*-1;. The molecule has 0 aliphatic carbocycles. The molecule has 1 aromatic heterocycles. The average molecular weight is 214 g/mol. The van der Waals surface area contributed by atoms with Gasteiger partial charge in [0.25, 0.3) is 0 Å². The Morgan fingerprint density at radius 2 is 2.00 bits per heavy atom. The van der Waals surface area contributed by atoms with Crippen LogP contribution in [-0.2, 0) is 32.7 Å². The molecule has 0 bridgehead atoms. The molecule has 0 unspecified atom stereocenters. The first-order valence-electron chi connectivity index (χ1n) is 2.75. The average Bonchev–Trinajstić information content (AvgIpc) is 2.20. The van der Waals surface area contributed by atoms with E-state index in [2.05, 4.69) is 23.5 Å². The van der Waals surface area contributed by atoms with Crippen molar-refractivity contribution >= 4 is 0 Å². The van der Waals surface area contributed by atoms with Crippen LogP contribution in [0.2, 0.25) is 0 Å². The molecule has 0 aliphatic rings. The Labute approximate surface area is 87.2 Å². The summed E-state index contributed by atoms with van der Waals surface area (Å²) in [5.41, 5.74) is 0.692. The second-order valence-electron chi connectivity index (χ2n) is 1.43. The molecule has 0 spiro atoms. The smallest absolute Gasteiger partial charge is 0.0545 e. The van der Waals surface area contributed by atoms with E-state index in [0.29, 0.717) is 5.69 Å². The molecule has 0 aromatic carbocycles. The molecule has 0 amide bonds. The van der Waals surface area contributed by atoms with Gasteiger partial charge in [0.2, 0.25) is 0 Å². The summed E-state index contributed by atoms with van der Waals surface area (Å²) in [5, 5.41) is 3.53. The van der Waals surface area contributed by atoms with Crippen LogP contribution < -0.4 is 0 Å². The predicted octanol–water partition coefficient (Wildman–Crippen LogP) is 2.00. The van der Waals surface area contributed by atoms with Gasteiger partial charge < -0.3 is 11.4 Å². The molecule has 0 aliphatic heterocycles. The topological polar surface area (TPSA) is 26.0 Å². The van der Waals surface area contributed by atoms with Crippen molar-refractivity contribution in [2.24, 2.45) is 0 Å². The Morgan fingerprint density at radius 1 is 1.50 bits per heavy atom. The first-order valence-corrected chi connectivity index (χ1v) is 2.75. The molecule has 0 saturated carbocycles. The molecular formula is C7H11NOY-2. The molecule has 1 aromatic rings. The van der Waals surface area contributed by atoms with E-state index in [0.717, 1.165) is 5.76 Å². The van der Waals surface area contributed by atoms with E-state index in [1.54, 1.807) is 13.0 Å². The molecule has 1 radical (unpaired) electrons. The van der Waals surface area contributed by atoms with Gasteiger partial charge in [-0.3, -0.25) is 0 Å². The van der Waals surface area contributed by atoms with Gasteiger partial charge in [-0.05, 0) is 6.92 Å². The molecule has 0 fully saturated rings. The third kappa shape index (κ3) is 5.01. The molecule has 1 heterocycles. The summed E-state index contributed by atoms with van der Waals surface area (Å²) in [4.78, 5) is 0. The largest absolute Gasteiger partial charge is 0.383 e. The van der Waals surface area contributed by atoms with E-state index in [-0.39, 0.29) is 32.7 Å². The van der Waals surface area contributed by atoms with Gasteiger partial charge in [-0.2, -0.15) is 6.92 Å². The number of aromatic nitrogens is 1. The number of hydrogen-bond donors (Lipinski definition) is 0. The van der Waals surface area contributed by atoms with Crippen LogP contribution in [0.15, 0.2) is 10.6 Å². The van der Waals surface area contributed by atoms with Gasteiger partial charge in [0.1, 0.15) is 0 Å². The van der Waals surface area contributed by atoms with E-state index in [1.807, 2.05) is 6.92 Å². The second kappa shape index (κ2) is 7.29. The number of hydrogen-bond acceptors (Lipinski definition) is 2. The van der Waals surface area contributed by atoms with Crippen molar-refractivity contribution in [1.82, 2.24) is 5.16 Å². The molecular weight excluding hydrogens is 203 g/mol. The summed E-state index contributed by atoms with van der Waals surface area (Å²) in [7, 11) is 0. The Hall–Kier alpha value is 0.184. The maximum Gasteiger partial charge on any atom is 0.0545 e. The maximum atomic E-state index is 4.65. The SMILES string of the molecule is [CH2-]C.[CH2-]c1cc(C)on1.[Y]. The van der Waals surface area contributed by atoms with Crippen LogP contribution in [0.3, 0.4) is 0 Å². The zero-order valence-corrected chi connectivity index (χ0v) is 9.26. The van der Waals surface area contributed by atoms with Crippen LogP contribution in [0, 0.1) is 20.8 Å². The van der Waals surface area contributed by atoms with Crippen molar-refractivity contribution in [3.63, 3.8) is 0 Å². The Kier molecular flexibility index (Phi) is 9.35. The summed E-state index contributed by atoms with van der Waals surface area (Å²) < 4.78 is 4.65. The second-order valence-corrected chi connectivity index (χ2v) is 1.43. The number of rotatable bonds is 0. The summed E-state index contributed by atoms with van der Waals surface area (Å²) >= 11 is 0. The molecule has 55 valence electrons. The van der Waals surface area contributed by atoms with Gasteiger partial charge in [0.15, 0.2) is 0 Å². The monoisotopic (exact) mass is 214 g/mol. The van der Waals surface area contributed by atoms with Crippen molar-refractivity contribution in [2.45, 2.75) is 13.8 Å². The van der Waals surface area contributed by atoms with E-state index in [9.17, 15) is 0 Å². The van der Waals surface area contributed by atoms with Gasteiger partial charge in [-0.1, -0.05) is 5.69 Å². The quantitative estimate of drug-likeness (QED) is 0.617. The fourth-order valence-corrected chi connectivity index (χ4v) is 0.418. The fourth-order valence-electron chi connectivity index (χ4n) is 0.418. The molecule has 0 atom stereocenters. The molecule has 0 N–H and O–H groups in total. The van der Waals surface area contributed by atoms with Gasteiger partial charge in [0, 0.05) is 32.7 Å². The minimum atomic E-state index is 0. The zero-order valence-electron chi connectivity index (χ0n) is 6.42. The van der Waals surface area contributed by atoms with Gasteiger partial charge in [-0.25, -0.2) is 6.92 Å². The van der Waals surface area contributed by atoms with Crippen LogP contribution in [0.25, 0.3) is 0 Å². The molecule has 2 nitrogen and oxygen atoms in total. The molecule has 0 saturated heterocycles. The van der Waals surface area contributed by atoms with Gasteiger partial charge in [-0.15, -0.1) is 11.2 Å². The van der Waals surface area contributed by atoms with E-state index < -0.39 is 0 Å². The summed E-state index contributed by atoms with van der Waals surface area (Å²) in [6.07, 6.45) is 0. The van der Waals surface area contributed by atoms with Crippen molar-refractivity contribution in [3.8, 4) is 0 Å². The molecule has 1 rings (SSSR count). The Morgan fingerprint density at radius 3 is 2.10 bits per heavy atom. The number of aryl methyl sites for hydroxylation is 1. The van der Waals surface area contributed by atoms with Crippen LogP contribution in [-0.4, -0.2) is 5.16 Å². The summed E-state index contributed by atoms with van der Waals surface area (Å²) in [5.74, 6) is 0.810. The van der Waals surface area contributed by atoms with E-state index in [1.165, 1.54) is 0 Å². The normalized spacial score (nSPS) is 7.10. The fraction of sp³-hybridized carbons (Fsp3) is 0.286. The Balaban J connectivity index is 0. The molecule has 3 heteroatoms. The van der Waals surface area contributed by atoms with Crippen molar-refractivity contribution in [3.05, 3.63) is 31.4 Å². The van der Waals surface area contributed by atoms with Crippen LogP contribution >= 0.6 is 0 Å². The minimum absolute atomic E-state index is 0.